The first-order valence-corrected chi connectivity index (χ1v) is 9.37. The van der Waals surface area contributed by atoms with Gasteiger partial charge in [0.15, 0.2) is 5.78 Å². The van der Waals surface area contributed by atoms with Crippen LogP contribution in [0.2, 0.25) is 0 Å². The van der Waals surface area contributed by atoms with Gasteiger partial charge in [0.2, 0.25) is 10.0 Å². The molecule has 0 bridgehead atoms. The number of Topliss-reactive ketones (excluding diaryl/α,β-unsaturated/α-hetero) is 1. The Morgan fingerprint density at radius 2 is 1.71 bits per heavy atom. The van der Waals surface area contributed by atoms with Gasteiger partial charge in [-0.2, -0.15) is 0 Å². The molecule has 0 saturated heterocycles. The van der Waals surface area contributed by atoms with Crippen LogP contribution in [-0.4, -0.2) is 26.0 Å². The van der Waals surface area contributed by atoms with Gasteiger partial charge in [-0.25, -0.2) is 8.42 Å². The zero-order valence-corrected chi connectivity index (χ0v) is 14.3. The summed E-state index contributed by atoms with van der Waals surface area (Å²) in [7, 11) is -3.59. The van der Waals surface area contributed by atoms with Gasteiger partial charge in [0.1, 0.15) is 0 Å². The lowest BCUT2D eigenvalue weighted by Gasteiger charge is -2.13. The standard InChI is InChI=1S/C18H21N2O3S/c1-14(21)16-8-11-18(12-9-16)20-24(22,23)13-17(19)10-7-15-5-3-2-4-6-15/h2-6,8-9,11-12,17,19-20H,7,10,13H2,1H3. The molecular formula is C18H21N2O3S. The summed E-state index contributed by atoms with van der Waals surface area (Å²) >= 11 is 0. The van der Waals surface area contributed by atoms with Gasteiger partial charge in [-0.3, -0.25) is 15.3 Å². The SMILES string of the molecule is CC(=O)c1ccc(NS(=O)(=O)CC([NH])CCc2ccccc2)cc1. The van der Waals surface area contributed by atoms with Gasteiger partial charge in [-0.15, -0.1) is 0 Å². The second-order valence-corrected chi connectivity index (χ2v) is 7.51. The largest absolute Gasteiger partial charge is 0.295 e. The van der Waals surface area contributed by atoms with Crippen molar-refractivity contribution >= 4 is 21.5 Å². The zero-order chi connectivity index (χ0) is 17.6. The molecule has 2 aromatic rings. The third-order valence-electron chi connectivity index (χ3n) is 3.61. The molecule has 0 aliphatic rings. The number of carbonyl (C=O) groups is 1. The molecule has 2 aromatic carbocycles. The van der Waals surface area contributed by atoms with Gasteiger partial charge < -0.3 is 0 Å². The van der Waals surface area contributed by atoms with E-state index in [1.54, 1.807) is 24.3 Å². The topological polar surface area (TPSA) is 87.0 Å². The maximum Gasteiger partial charge on any atom is 0.234 e. The van der Waals surface area contributed by atoms with Crippen LogP contribution in [0.3, 0.4) is 0 Å². The van der Waals surface area contributed by atoms with Crippen LogP contribution in [0.1, 0.15) is 29.3 Å². The van der Waals surface area contributed by atoms with Crippen molar-refractivity contribution < 1.29 is 13.2 Å². The van der Waals surface area contributed by atoms with Crippen molar-refractivity contribution in [2.75, 3.05) is 10.5 Å². The summed E-state index contributed by atoms with van der Waals surface area (Å²) < 4.78 is 26.7. The molecule has 0 aliphatic heterocycles. The molecule has 6 heteroatoms. The zero-order valence-electron chi connectivity index (χ0n) is 13.5. The van der Waals surface area contributed by atoms with Gasteiger partial charge >= 0.3 is 0 Å². The van der Waals surface area contributed by atoms with Gasteiger partial charge in [0.05, 0.1) is 5.75 Å². The quantitative estimate of drug-likeness (QED) is 0.746. The predicted molar refractivity (Wildman–Crippen MR) is 95.5 cm³/mol. The monoisotopic (exact) mass is 345 g/mol. The smallest absolute Gasteiger partial charge is 0.234 e. The van der Waals surface area contributed by atoms with E-state index in [1.165, 1.54) is 6.92 Å². The highest BCUT2D eigenvalue weighted by Crippen LogP contribution is 2.13. The van der Waals surface area contributed by atoms with Gasteiger partial charge in [0.25, 0.3) is 0 Å². The Hall–Kier alpha value is -2.18. The highest BCUT2D eigenvalue weighted by Gasteiger charge is 2.17. The van der Waals surface area contributed by atoms with E-state index < -0.39 is 16.1 Å². The molecule has 0 saturated carbocycles. The number of benzene rings is 2. The molecule has 1 atom stereocenters. The third kappa shape index (κ3) is 5.79. The third-order valence-corrected chi connectivity index (χ3v) is 5.00. The van der Waals surface area contributed by atoms with Crippen molar-refractivity contribution in [3.63, 3.8) is 0 Å². The Bertz CT molecular complexity index is 772. The van der Waals surface area contributed by atoms with Gasteiger partial charge in [-0.05, 0) is 49.6 Å². The van der Waals surface area contributed by atoms with Crippen LogP contribution in [0.15, 0.2) is 54.6 Å². The summed E-state index contributed by atoms with van der Waals surface area (Å²) in [5, 5.41) is 0. The first kappa shape index (κ1) is 18.2. The summed E-state index contributed by atoms with van der Waals surface area (Å²) in [6, 6.07) is 15.3. The lowest BCUT2D eigenvalue weighted by atomic mass is 10.1. The Balaban J connectivity index is 1.89. The maximum absolute atomic E-state index is 12.1. The molecule has 0 heterocycles. The van der Waals surface area contributed by atoms with E-state index in [1.807, 2.05) is 30.3 Å². The Morgan fingerprint density at radius 3 is 2.29 bits per heavy atom. The van der Waals surface area contributed by atoms with Crippen LogP contribution in [-0.2, 0) is 16.4 Å². The fourth-order valence-electron chi connectivity index (χ4n) is 2.33. The fraction of sp³-hybridized carbons (Fsp3) is 0.278. The number of hydrogen-bond donors (Lipinski definition) is 1. The first-order valence-electron chi connectivity index (χ1n) is 7.72. The lowest BCUT2D eigenvalue weighted by Crippen LogP contribution is -2.27. The van der Waals surface area contributed by atoms with E-state index in [0.29, 0.717) is 24.1 Å². The lowest BCUT2D eigenvalue weighted by molar-refractivity contribution is 0.101. The summed E-state index contributed by atoms with van der Waals surface area (Å²) in [6.07, 6.45) is 1.16. The average Bonchev–Trinajstić information content (AvgIpc) is 2.53. The van der Waals surface area contributed by atoms with Gasteiger partial charge in [0, 0.05) is 17.3 Å². The van der Waals surface area contributed by atoms with Crippen molar-refractivity contribution in [1.82, 2.24) is 5.73 Å². The van der Waals surface area contributed by atoms with Crippen molar-refractivity contribution in [2.24, 2.45) is 0 Å². The van der Waals surface area contributed by atoms with E-state index in [4.69, 9.17) is 5.73 Å². The molecule has 0 spiro atoms. The predicted octanol–water partition coefficient (Wildman–Crippen LogP) is 2.92. The number of hydrogen-bond acceptors (Lipinski definition) is 3. The van der Waals surface area contributed by atoms with E-state index in [2.05, 4.69) is 4.72 Å². The minimum atomic E-state index is -3.59. The van der Waals surface area contributed by atoms with Crippen molar-refractivity contribution in [1.29, 1.82) is 0 Å². The molecule has 2 rings (SSSR count). The van der Waals surface area contributed by atoms with E-state index in [-0.39, 0.29) is 11.5 Å². The number of sulfonamides is 1. The second kappa shape index (κ2) is 8.08. The molecule has 5 nitrogen and oxygen atoms in total. The van der Waals surface area contributed by atoms with Crippen molar-refractivity contribution in [3.8, 4) is 0 Å². The van der Waals surface area contributed by atoms with Crippen LogP contribution in [0.25, 0.3) is 0 Å². The Morgan fingerprint density at radius 1 is 1.08 bits per heavy atom. The highest BCUT2D eigenvalue weighted by molar-refractivity contribution is 7.92. The van der Waals surface area contributed by atoms with E-state index in [0.717, 1.165) is 5.56 Å². The van der Waals surface area contributed by atoms with Crippen molar-refractivity contribution in [2.45, 2.75) is 25.8 Å². The summed E-state index contributed by atoms with van der Waals surface area (Å²) in [5.41, 5.74) is 9.99. The fourth-order valence-corrected chi connectivity index (χ4v) is 3.60. The number of aryl methyl sites for hydroxylation is 1. The molecule has 1 unspecified atom stereocenters. The van der Waals surface area contributed by atoms with E-state index >= 15 is 0 Å². The Labute approximate surface area is 142 Å². The molecule has 0 aliphatic carbocycles. The average molecular weight is 345 g/mol. The maximum atomic E-state index is 12.1. The van der Waals surface area contributed by atoms with Crippen LogP contribution >= 0.6 is 0 Å². The first-order chi connectivity index (χ1) is 11.4. The Kier molecular flexibility index (Phi) is 6.11. The number of rotatable bonds is 8. The van der Waals surface area contributed by atoms with Crippen LogP contribution in [0.5, 0.6) is 0 Å². The normalized spacial score (nSPS) is 12.6. The van der Waals surface area contributed by atoms with Gasteiger partial charge in [-0.1, -0.05) is 30.3 Å². The van der Waals surface area contributed by atoms with Crippen LogP contribution in [0.4, 0.5) is 5.69 Å². The minimum absolute atomic E-state index is 0.0726. The summed E-state index contributed by atoms with van der Waals surface area (Å²) in [4.78, 5) is 11.2. The molecule has 0 aromatic heterocycles. The number of anilines is 1. The number of ketones is 1. The number of carbonyl (C=O) groups excluding carboxylic acids is 1. The van der Waals surface area contributed by atoms with E-state index in [9.17, 15) is 13.2 Å². The molecule has 0 fully saturated rings. The van der Waals surface area contributed by atoms with Crippen LogP contribution < -0.4 is 10.5 Å². The molecule has 2 N–H and O–H groups in total. The molecule has 24 heavy (non-hydrogen) atoms. The van der Waals surface area contributed by atoms with Crippen LogP contribution in [0, 0.1) is 0 Å². The molecular weight excluding hydrogens is 324 g/mol. The molecule has 0 amide bonds. The summed E-state index contributed by atoms with van der Waals surface area (Å²) in [6.45, 7) is 1.45. The minimum Gasteiger partial charge on any atom is -0.295 e. The number of nitrogens with one attached hydrogen (secondary N) is 2. The summed E-state index contributed by atoms with van der Waals surface area (Å²) in [5.74, 6) is -0.328. The highest BCUT2D eigenvalue weighted by atomic mass is 32.2. The molecule has 1 radical (unpaired) electrons. The molecule has 127 valence electrons. The second-order valence-electron chi connectivity index (χ2n) is 5.74. The van der Waals surface area contributed by atoms with Crippen molar-refractivity contribution in [3.05, 3.63) is 65.7 Å².